The van der Waals surface area contributed by atoms with Crippen LogP contribution in [0.2, 0.25) is 0 Å². The summed E-state index contributed by atoms with van der Waals surface area (Å²) in [4.78, 5) is 23.7. The van der Waals surface area contributed by atoms with Gasteiger partial charge in [0.2, 0.25) is 5.75 Å². The number of nitrogens with one attached hydrogen (secondary N) is 2. The molecular weight excluding hydrogens is 428 g/mol. The molecule has 2 aromatic rings. The topological polar surface area (TPSA) is 104 Å². The van der Waals surface area contributed by atoms with E-state index >= 15 is 0 Å². The van der Waals surface area contributed by atoms with Gasteiger partial charge in [-0.15, -0.1) is 0 Å². The Morgan fingerprint density at radius 2 is 1.88 bits per heavy atom. The summed E-state index contributed by atoms with van der Waals surface area (Å²) in [6.45, 7) is 4.07. The smallest absolute Gasteiger partial charge is 0.407 e. The Hall–Kier alpha value is -3.46. The highest BCUT2D eigenvalue weighted by Gasteiger charge is 2.42. The largest absolute Gasteiger partial charge is 0.493 e. The van der Waals surface area contributed by atoms with Gasteiger partial charge in [-0.1, -0.05) is 6.07 Å². The number of carbonyl (C=O) groups is 2. The normalized spacial score (nSPS) is 15.7. The number of hydrogen-bond acceptors (Lipinski definition) is 7. The minimum absolute atomic E-state index is 0.0700. The fourth-order valence-corrected chi connectivity index (χ4v) is 3.91. The number of amides is 2. The van der Waals surface area contributed by atoms with Crippen LogP contribution in [0.4, 0.5) is 4.79 Å². The second-order valence-corrected chi connectivity index (χ2v) is 8.12. The number of fused-ring (bicyclic) bond motifs is 1. The van der Waals surface area contributed by atoms with Crippen molar-refractivity contribution in [2.75, 3.05) is 47.2 Å². The van der Waals surface area contributed by atoms with Gasteiger partial charge in [-0.3, -0.25) is 4.79 Å². The molecule has 2 aromatic carbocycles. The molecule has 4 rings (SSSR count). The maximum absolute atomic E-state index is 11.9. The van der Waals surface area contributed by atoms with Gasteiger partial charge in [0.05, 0.1) is 32.8 Å². The van der Waals surface area contributed by atoms with Gasteiger partial charge in [0.1, 0.15) is 13.2 Å². The summed E-state index contributed by atoms with van der Waals surface area (Å²) >= 11 is 0. The predicted octanol–water partition coefficient (Wildman–Crippen LogP) is 2.76. The first-order chi connectivity index (χ1) is 16.0. The molecular formula is C24H28N2O7. The van der Waals surface area contributed by atoms with E-state index in [1.54, 1.807) is 14.2 Å². The molecule has 0 aromatic heterocycles. The lowest BCUT2D eigenvalue weighted by atomic mass is 9.88. The Morgan fingerprint density at radius 1 is 1.09 bits per heavy atom. The molecule has 0 unspecified atom stereocenters. The standard InChI is InChI=1S/C24H28N2O7/c1-4-25-23(28)33-14-24(11-31-12-24)13-32-20-17(7-8-19(29-2)21(20)30-3)15-5-6-18-16(9-15)10-26-22(18)27/h5-9H,4,10-14H2,1-3H3,(H,25,28)(H,26,27). The monoisotopic (exact) mass is 456 g/mol. The number of ether oxygens (including phenoxy) is 5. The van der Waals surface area contributed by atoms with Crippen LogP contribution < -0.4 is 24.8 Å². The van der Waals surface area contributed by atoms with E-state index in [1.807, 2.05) is 37.3 Å². The number of alkyl carbamates (subject to hydrolysis) is 1. The summed E-state index contributed by atoms with van der Waals surface area (Å²) in [7, 11) is 3.12. The van der Waals surface area contributed by atoms with E-state index in [-0.39, 0.29) is 19.1 Å². The van der Waals surface area contributed by atoms with Crippen LogP contribution in [0.15, 0.2) is 30.3 Å². The van der Waals surface area contributed by atoms with E-state index < -0.39 is 11.5 Å². The van der Waals surface area contributed by atoms with Crippen molar-refractivity contribution >= 4 is 12.0 Å². The minimum atomic E-state index is -0.468. The lowest BCUT2D eigenvalue weighted by Gasteiger charge is -2.40. The summed E-state index contributed by atoms with van der Waals surface area (Å²) in [6.07, 6.45) is -0.468. The van der Waals surface area contributed by atoms with Crippen molar-refractivity contribution in [3.8, 4) is 28.4 Å². The third-order valence-corrected chi connectivity index (χ3v) is 5.77. The SMILES string of the molecule is CCNC(=O)OCC1(COc2c(-c3ccc4c(c3)CNC4=O)ccc(OC)c2OC)COC1. The summed E-state index contributed by atoms with van der Waals surface area (Å²) in [5.74, 6) is 1.44. The zero-order valence-corrected chi connectivity index (χ0v) is 19.0. The third-order valence-electron chi connectivity index (χ3n) is 5.77. The van der Waals surface area contributed by atoms with E-state index in [1.165, 1.54) is 0 Å². The highest BCUT2D eigenvalue weighted by molar-refractivity contribution is 5.99. The van der Waals surface area contributed by atoms with Crippen molar-refractivity contribution < 1.29 is 33.3 Å². The highest BCUT2D eigenvalue weighted by atomic mass is 16.6. The zero-order chi connectivity index (χ0) is 23.4. The van der Waals surface area contributed by atoms with E-state index in [0.29, 0.717) is 49.1 Å². The first kappa shape index (κ1) is 22.7. The van der Waals surface area contributed by atoms with Crippen LogP contribution in [0.5, 0.6) is 17.2 Å². The molecule has 0 aliphatic carbocycles. The molecule has 176 valence electrons. The van der Waals surface area contributed by atoms with Gasteiger partial charge in [-0.25, -0.2) is 4.79 Å². The van der Waals surface area contributed by atoms with E-state index in [9.17, 15) is 9.59 Å². The molecule has 1 saturated heterocycles. The Kier molecular flexibility index (Phi) is 6.60. The van der Waals surface area contributed by atoms with Gasteiger partial charge < -0.3 is 34.3 Å². The van der Waals surface area contributed by atoms with Crippen LogP contribution >= 0.6 is 0 Å². The molecule has 2 aliphatic heterocycles. The molecule has 0 atom stereocenters. The molecule has 2 N–H and O–H groups in total. The van der Waals surface area contributed by atoms with Crippen LogP contribution in [0.3, 0.4) is 0 Å². The Morgan fingerprint density at radius 3 is 2.55 bits per heavy atom. The average Bonchev–Trinajstić information content (AvgIpc) is 3.17. The van der Waals surface area contributed by atoms with Crippen LogP contribution in [0, 0.1) is 5.41 Å². The zero-order valence-electron chi connectivity index (χ0n) is 19.0. The number of hydrogen-bond donors (Lipinski definition) is 2. The molecule has 9 heteroatoms. The summed E-state index contributed by atoms with van der Waals surface area (Å²) in [5.41, 5.74) is 2.84. The number of methoxy groups -OCH3 is 2. The first-order valence-electron chi connectivity index (χ1n) is 10.8. The molecule has 33 heavy (non-hydrogen) atoms. The first-order valence-corrected chi connectivity index (χ1v) is 10.8. The van der Waals surface area contributed by atoms with Crippen LogP contribution in [-0.4, -0.2) is 59.2 Å². The summed E-state index contributed by atoms with van der Waals surface area (Å²) in [6, 6.07) is 9.39. The molecule has 0 spiro atoms. The van der Waals surface area contributed by atoms with Gasteiger partial charge in [0, 0.05) is 24.2 Å². The van der Waals surface area contributed by atoms with Crippen molar-refractivity contribution in [3.63, 3.8) is 0 Å². The van der Waals surface area contributed by atoms with E-state index in [2.05, 4.69) is 10.6 Å². The van der Waals surface area contributed by atoms with Crippen LogP contribution in [0.1, 0.15) is 22.8 Å². The van der Waals surface area contributed by atoms with Crippen LogP contribution in [-0.2, 0) is 16.0 Å². The van der Waals surface area contributed by atoms with Gasteiger partial charge in [0.15, 0.2) is 11.5 Å². The van der Waals surface area contributed by atoms with E-state index in [4.69, 9.17) is 23.7 Å². The summed E-state index contributed by atoms with van der Waals surface area (Å²) < 4.78 is 28.2. The molecule has 9 nitrogen and oxygen atoms in total. The Bertz CT molecular complexity index is 1050. The van der Waals surface area contributed by atoms with E-state index in [0.717, 1.165) is 16.7 Å². The lowest BCUT2D eigenvalue weighted by Crippen LogP contribution is -2.51. The van der Waals surface area contributed by atoms with Crippen molar-refractivity contribution in [1.29, 1.82) is 0 Å². The number of rotatable bonds is 9. The van der Waals surface area contributed by atoms with Crippen molar-refractivity contribution in [3.05, 3.63) is 41.5 Å². The quantitative estimate of drug-likeness (QED) is 0.598. The summed E-state index contributed by atoms with van der Waals surface area (Å²) in [5, 5.41) is 5.46. The van der Waals surface area contributed by atoms with Crippen molar-refractivity contribution in [1.82, 2.24) is 10.6 Å². The van der Waals surface area contributed by atoms with Gasteiger partial charge >= 0.3 is 6.09 Å². The third kappa shape index (κ3) is 4.54. The molecule has 2 amide bonds. The fourth-order valence-electron chi connectivity index (χ4n) is 3.91. The van der Waals surface area contributed by atoms with Gasteiger partial charge in [0.25, 0.3) is 5.91 Å². The van der Waals surface area contributed by atoms with Crippen molar-refractivity contribution in [2.45, 2.75) is 13.5 Å². The van der Waals surface area contributed by atoms with Crippen molar-refractivity contribution in [2.24, 2.45) is 5.41 Å². The van der Waals surface area contributed by atoms with Crippen LogP contribution in [0.25, 0.3) is 11.1 Å². The molecule has 0 radical (unpaired) electrons. The maximum Gasteiger partial charge on any atom is 0.407 e. The lowest BCUT2D eigenvalue weighted by molar-refractivity contribution is -0.153. The second kappa shape index (κ2) is 9.58. The minimum Gasteiger partial charge on any atom is -0.493 e. The molecule has 0 saturated carbocycles. The average molecular weight is 456 g/mol. The molecule has 2 aliphatic rings. The number of benzene rings is 2. The fraction of sp³-hybridized carbons (Fsp3) is 0.417. The number of carbonyl (C=O) groups excluding carboxylic acids is 2. The maximum atomic E-state index is 11.9. The predicted molar refractivity (Wildman–Crippen MR) is 120 cm³/mol. The molecule has 2 heterocycles. The Balaban J connectivity index is 1.62. The Labute approximate surface area is 192 Å². The second-order valence-electron chi connectivity index (χ2n) is 8.12. The molecule has 1 fully saturated rings. The highest BCUT2D eigenvalue weighted by Crippen LogP contribution is 2.46. The van der Waals surface area contributed by atoms with Gasteiger partial charge in [-0.2, -0.15) is 0 Å². The van der Waals surface area contributed by atoms with Gasteiger partial charge in [-0.05, 0) is 42.3 Å². The molecule has 0 bridgehead atoms.